The van der Waals surface area contributed by atoms with Crippen molar-refractivity contribution in [3.63, 3.8) is 0 Å². The molecule has 4 nitrogen and oxygen atoms in total. The van der Waals surface area contributed by atoms with Crippen LogP contribution in [0, 0.1) is 0 Å². The first-order valence-corrected chi connectivity index (χ1v) is 11.5. The summed E-state index contributed by atoms with van der Waals surface area (Å²) >= 11 is 0. The van der Waals surface area contributed by atoms with Gasteiger partial charge in [0.15, 0.2) is 0 Å². The number of carbonyl (C=O) groups is 1. The van der Waals surface area contributed by atoms with Gasteiger partial charge in [0.1, 0.15) is 0 Å². The fourth-order valence-electron chi connectivity index (χ4n) is 3.00. The van der Waals surface area contributed by atoms with Gasteiger partial charge in [-0.05, 0) is 13.3 Å². The molecule has 0 aliphatic heterocycles. The molecule has 0 aromatic carbocycles. The minimum atomic E-state index is -0.652. The fourth-order valence-corrected chi connectivity index (χ4v) is 3.00. The highest BCUT2D eigenvalue weighted by molar-refractivity contribution is 5.66. The Hall–Kier alpha value is -0.610. The number of rotatable bonds is 19. The second-order valence-electron chi connectivity index (χ2n) is 7.83. The van der Waals surface area contributed by atoms with Crippen molar-refractivity contribution < 1.29 is 20.1 Å². The monoisotopic (exact) mass is 388 g/mol. The molecule has 1 atom stereocenters. The van der Waals surface area contributed by atoms with Gasteiger partial charge in [-0.2, -0.15) is 0 Å². The Balaban J connectivity index is 0. The number of carboxylic acid groups (broad SMARTS) is 1. The van der Waals surface area contributed by atoms with Crippen molar-refractivity contribution in [2.24, 2.45) is 0 Å². The van der Waals surface area contributed by atoms with Gasteiger partial charge in [-0.3, -0.25) is 4.79 Å². The predicted octanol–water partition coefficient (Wildman–Crippen LogP) is 6.47. The van der Waals surface area contributed by atoms with Crippen molar-refractivity contribution in [2.45, 2.75) is 136 Å². The lowest BCUT2D eigenvalue weighted by Gasteiger charge is -2.03. The van der Waals surface area contributed by atoms with E-state index in [4.69, 9.17) is 15.3 Å². The van der Waals surface area contributed by atoms with Crippen LogP contribution in [0.3, 0.4) is 0 Å². The lowest BCUT2D eigenvalue weighted by Crippen LogP contribution is -2.03. The van der Waals surface area contributed by atoms with Crippen molar-refractivity contribution in [1.29, 1.82) is 0 Å². The Morgan fingerprint density at radius 2 is 0.926 bits per heavy atom. The van der Waals surface area contributed by atoms with Crippen LogP contribution >= 0.6 is 0 Å². The molecule has 0 aliphatic carbocycles. The van der Waals surface area contributed by atoms with Crippen LogP contribution in [0.4, 0.5) is 0 Å². The van der Waals surface area contributed by atoms with E-state index >= 15 is 0 Å². The molecule has 0 radical (unpaired) electrons. The summed E-state index contributed by atoms with van der Waals surface area (Å²) < 4.78 is 0. The van der Waals surface area contributed by atoms with Crippen LogP contribution in [0.2, 0.25) is 0 Å². The van der Waals surface area contributed by atoms with Gasteiger partial charge >= 0.3 is 5.97 Å². The molecule has 0 heterocycles. The Morgan fingerprint density at radius 3 is 1.15 bits per heavy atom. The molecule has 1 unspecified atom stereocenters. The van der Waals surface area contributed by atoms with E-state index in [0.717, 1.165) is 12.8 Å². The average Bonchev–Trinajstić information content (AvgIpc) is 2.64. The Labute approximate surface area is 168 Å². The molecule has 0 fully saturated rings. The summed E-state index contributed by atoms with van der Waals surface area (Å²) in [6.45, 7) is 3.67. The van der Waals surface area contributed by atoms with Gasteiger partial charge in [-0.15, -0.1) is 0 Å². The zero-order valence-electron chi connectivity index (χ0n) is 18.3. The molecule has 0 rings (SSSR count). The van der Waals surface area contributed by atoms with Crippen molar-refractivity contribution >= 4 is 5.97 Å². The maximum Gasteiger partial charge on any atom is 0.303 e. The number of aliphatic hydroxyl groups excluding tert-OH is 2. The Morgan fingerprint density at radius 1 is 0.667 bits per heavy atom. The van der Waals surface area contributed by atoms with Crippen LogP contribution < -0.4 is 0 Å². The summed E-state index contributed by atoms with van der Waals surface area (Å²) in [7, 11) is 0. The minimum absolute atomic E-state index is 0.139. The molecule has 0 aromatic heterocycles. The second kappa shape index (κ2) is 25.4. The van der Waals surface area contributed by atoms with E-state index in [1.807, 2.05) is 0 Å². The average molecular weight is 389 g/mol. The van der Waals surface area contributed by atoms with E-state index in [1.165, 1.54) is 103 Å². The quantitative estimate of drug-likeness (QED) is 0.221. The summed E-state index contributed by atoms with van der Waals surface area (Å²) in [6, 6.07) is 0. The molecule has 4 heteroatoms. The number of carboxylic acids is 1. The molecule has 0 aliphatic rings. The molecule has 164 valence electrons. The topological polar surface area (TPSA) is 77.8 Å². The number of aliphatic hydroxyl groups is 2. The first kappa shape index (κ1) is 28.6. The van der Waals surface area contributed by atoms with E-state index in [-0.39, 0.29) is 6.61 Å². The van der Waals surface area contributed by atoms with Gasteiger partial charge in [0, 0.05) is 6.42 Å². The zero-order valence-corrected chi connectivity index (χ0v) is 18.3. The van der Waals surface area contributed by atoms with Crippen LogP contribution in [0.5, 0.6) is 0 Å². The van der Waals surface area contributed by atoms with E-state index in [1.54, 1.807) is 0 Å². The highest BCUT2D eigenvalue weighted by atomic mass is 16.4. The summed E-state index contributed by atoms with van der Waals surface area (Å²) in [6.07, 6.45) is 22.6. The molecule has 0 saturated heterocycles. The van der Waals surface area contributed by atoms with Gasteiger partial charge in [-0.1, -0.05) is 110 Å². The molecule has 0 aromatic rings. The van der Waals surface area contributed by atoms with Crippen LogP contribution in [-0.2, 0) is 4.79 Å². The smallest absolute Gasteiger partial charge is 0.303 e. The largest absolute Gasteiger partial charge is 0.481 e. The van der Waals surface area contributed by atoms with E-state index in [9.17, 15) is 4.79 Å². The van der Waals surface area contributed by atoms with Gasteiger partial charge in [0.05, 0.1) is 12.7 Å². The molecule has 3 N–H and O–H groups in total. The first-order chi connectivity index (χ1) is 13.0. The lowest BCUT2D eigenvalue weighted by molar-refractivity contribution is -0.137. The highest BCUT2D eigenvalue weighted by Gasteiger charge is 1.97. The van der Waals surface area contributed by atoms with Crippen molar-refractivity contribution in [2.75, 3.05) is 6.61 Å². The van der Waals surface area contributed by atoms with Crippen molar-refractivity contribution in [1.82, 2.24) is 0 Å². The maximum atomic E-state index is 10.4. The van der Waals surface area contributed by atoms with Crippen LogP contribution in [0.15, 0.2) is 0 Å². The lowest BCUT2D eigenvalue weighted by atomic mass is 10.0. The van der Waals surface area contributed by atoms with Crippen LogP contribution in [-0.4, -0.2) is 34.0 Å². The number of unbranched alkanes of at least 4 members (excludes halogenated alkanes) is 16. The second-order valence-corrected chi connectivity index (χ2v) is 7.83. The summed E-state index contributed by atoms with van der Waals surface area (Å²) in [5, 5.41) is 24.5. The number of aliphatic carboxylic acids is 1. The number of hydrogen-bond acceptors (Lipinski definition) is 3. The van der Waals surface area contributed by atoms with Gasteiger partial charge in [0.2, 0.25) is 0 Å². The van der Waals surface area contributed by atoms with Gasteiger partial charge in [0.25, 0.3) is 0 Å². The van der Waals surface area contributed by atoms with E-state index in [0.29, 0.717) is 6.42 Å². The first-order valence-electron chi connectivity index (χ1n) is 11.5. The summed E-state index contributed by atoms with van der Waals surface area (Å²) in [5.41, 5.74) is 0. The zero-order chi connectivity index (χ0) is 20.6. The predicted molar refractivity (Wildman–Crippen MR) is 115 cm³/mol. The van der Waals surface area contributed by atoms with E-state index < -0.39 is 12.1 Å². The maximum absolute atomic E-state index is 10.4. The van der Waals surface area contributed by atoms with Gasteiger partial charge < -0.3 is 15.3 Å². The molecular formula is C23H48O4. The molecule has 0 spiro atoms. The van der Waals surface area contributed by atoms with Crippen molar-refractivity contribution in [3.05, 3.63) is 0 Å². The summed E-state index contributed by atoms with van der Waals surface area (Å²) in [5.74, 6) is -0.652. The molecule has 0 saturated carbocycles. The van der Waals surface area contributed by atoms with Crippen LogP contribution in [0.1, 0.15) is 129 Å². The van der Waals surface area contributed by atoms with Gasteiger partial charge in [-0.25, -0.2) is 0 Å². The molecule has 27 heavy (non-hydrogen) atoms. The van der Waals surface area contributed by atoms with E-state index in [2.05, 4.69) is 6.92 Å². The third-order valence-electron chi connectivity index (χ3n) is 4.76. The Kier molecular flexibility index (Phi) is 26.9. The number of hydrogen-bond donors (Lipinski definition) is 3. The standard InChI is InChI=1S/C20H40O2.C3H8O2/c1-2-3-4-5-6-7-8-9-10-11-12-13-14-15-16-17-18-19-20(21)22;1-3(5)2-4/h2-19H2,1H3,(H,21,22);3-5H,2H2,1H3. The molecular weight excluding hydrogens is 340 g/mol. The highest BCUT2D eigenvalue weighted by Crippen LogP contribution is 2.14. The summed E-state index contributed by atoms with van der Waals surface area (Å²) in [4.78, 5) is 10.4. The molecule has 0 amide bonds. The minimum Gasteiger partial charge on any atom is -0.481 e. The fraction of sp³-hybridized carbons (Fsp3) is 0.957. The normalized spacial score (nSPS) is 11.7. The van der Waals surface area contributed by atoms with Crippen molar-refractivity contribution in [3.8, 4) is 0 Å². The third kappa shape index (κ3) is 33.4. The SMILES string of the molecule is CC(O)CO.CCCCCCCCCCCCCCCCCCCC(=O)O. The Bertz CT molecular complexity index is 280. The third-order valence-corrected chi connectivity index (χ3v) is 4.76. The van der Waals surface area contributed by atoms with Crippen LogP contribution in [0.25, 0.3) is 0 Å². The molecule has 0 bridgehead atoms.